The molecule has 1 aromatic rings. The first-order valence-electron chi connectivity index (χ1n) is 10.4. The number of hydrogen-bond acceptors (Lipinski definition) is 4. The molecule has 0 aromatic heterocycles. The van der Waals surface area contributed by atoms with E-state index >= 15 is 0 Å². The lowest BCUT2D eigenvalue weighted by Gasteiger charge is -2.27. The summed E-state index contributed by atoms with van der Waals surface area (Å²) in [6.07, 6.45) is 3.68. The summed E-state index contributed by atoms with van der Waals surface area (Å²) in [6, 6.07) is 8.30. The van der Waals surface area contributed by atoms with E-state index in [1.165, 1.54) is 16.0 Å². The van der Waals surface area contributed by atoms with Crippen LogP contribution in [0.1, 0.15) is 49.3 Å². The van der Waals surface area contributed by atoms with Gasteiger partial charge in [0.25, 0.3) is 0 Å². The van der Waals surface area contributed by atoms with Crippen LogP contribution in [-0.4, -0.2) is 52.8 Å². The van der Waals surface area contributed by atoms with E-state index in [1.807, 2.05) is 17.0 Å². The number of fused-ring (bicyclic) bond motifs is 5. The largest absolute Gasteiger partial charge is 0.373 e. The van der Waals surface area contributed by atoms with E-state index in [0.29, 0.717) is 0 Å². The highest BCUT2D eigenvalue weighted by atomic mass is 16.5. The van der Waals surface area contributed by atoms with Crippen molar-refractivity contribution in [3.8, 4) is 0 Å². The molecule has 28 heavy (non-hydrogen) atoms. The fraction of sp³-hybridized carbons (Fsp3) is 0.591. The Balaban J connectivity index is 1.26. The quantitative estimate of drug-likeness (QED) is 0.749. The molecule has 4 saturated heterocycles. The Hall–Kier alpha value is -2.21. The van der Waals surface area contributed by atoms with Gasteiger partial charge in [0.15, 0.2) is 0 Å². The van der Waals surface area contributed by atoms with Gasteiger partial charge in [-0.15, -0.1) is 0 Å². The van der Waals surface area contributed by atoms with Gasteiger partial charge < -0.3 is 9.64 Å². The van der Waals surface area contributed by atoms with Crippen molar-refractivity contribution in [3.63, 3.8) is 0 Å². The molecule has 0 radical (unpaired) electrons. The summed E-state index contributed by atoms with van der Waals surface area (Å²) in [7, 11) is 0. The van der Waals surface area contributed by atoms with Crippen LogP contribution in [0.2, 0.25) is 0 Å². The van der Waals surface area contributed by atoms with Crippen LogP contribution in [0.4, 0.5) is 0 Å². The van der Waals surface area contributed by atoms with Gasteiger partial charge in [-0.25, -0.2) is 0 Å². The first-order valence-corrected chi connectivity index (χ1v) is 10.4. The average molecular weight is 382 g/mol. The molecule has 3 amide bonds. The minimum atomic E-state index is -0.312. The SMILES string of the molecule is Cc1ccccc1C1CCCN1C(=O)CCN1C(=O)C2C3CCC(O3)C2C1=O. The van der Waals surface area contributed by atoms with Crippen LogP contribution >= 0.6 is 0 Å². The molecule has 148 valence electrons. The Morgan fingerprint density at radius 2 is 1.75 bits per heavy atom. The van der Waals surface area contributed by atoms with Crippen LogP contribution in [0.3, 0.4) is 0 Å². The van der Waals surface area contributed by atoms with Crippen LogP contribution < -0.4 is 0 Å². The standard InChI is InChI=1S/C22H26N2O4/c1-13-5-2-3-6-14(13)15-7-4-11-23(15)18(25)10-12-24-21(26)19-16-8-9-17(28-16)20(19)22(24)27/h2-3,5-6,15-17,19-20H,4,7-12H2,1H3. The van der Waals surface area contributed by atoms with E-state index in [9.17, 15) is 14.4 Å². The fourth-order valence-electron chi connectivity index (χ4n) is 5.69. The molecular formula is C22H26N2O4. The molecule has 1 aromatic carbocycles. The molecule has 5 rings (SSSR count). The lowest BCUT2D eigenvalue weighted by molar-refractivity contribution is -0.143. The molecule has 4 fully saturated rings. The summed E-state index contributed by atoms with van der Waals surface area (Å²) in [4.78, 5) is 41.7. The zero-order chi connectivity index (χ0) is 19.4. The predicted octanol–water partition coefficient (Wildman–Crippen LogP) is 2.21. The Morgan fingerprint density at radius 3 is 2.43 bits per heavy atom. The first kappa shape index (κ1) is 17.9. The second-order valence-electron chi connectivity index (χ2n) is 8.52. The van der Waals surface area contributed by atoms with Crippen molar-refractivity contribution < 1.29 is 19.1 Å². The Kier molecular flexibility index (Phi) is 4.27. The molecule has 4 aliphatic heterocycles. The van der Waals surface area contributed by atoms with Crippen LogP contribution in [0.5, 0.6) is 0 Å². The maximum absolute atomic E-state index is 12.9. The number of amides is 3. The number of carbonyl (C=O) groups is 3. The molecule has 5 unspecified atom stereocenters. The molecule has 6 heteroatoms. The monoisotopic (exact) mass is 382 g/mol. The van der Waals surface area contributed by atoms with Crippen molar-refractivity contribution in [2.75, 3.05) is 13.1 Å². The highest BCUT2D eigenvalue weighted by Gasteiger charge is 2.62. The van der Waals surface area contributed by atoms with Gasteiger partial charge in [-0.1, -0.05) is 24.3 Å². The summed E-state index contributed by atoms with van der Waals surface area (Å²) in [5, 5.41) is 0. The van der Waals surface area contributed by atoms with E-state index in [2.05, 4.69) is 19.1 Å². The highest BCUT2D eigenvalue weighted by molar-refractivity contribution is 6.06. The van der Waals surface area contributed by atoms with E-state index in [0.717, 1.165) is 32.2 Å². The van der Waals surface area contributed by atoms with Gasteiger partial charge in [0.2, 0.25) is 17.7 Å². The number of aryl methyl sites for hydroxylation is 1. The summed E-state index contributed by atoms with van der Waals surface area (Å²) >= 11 is 0. The predicted molar refractivity (Wildman–Crippen MR) is 101 cm³/mol. The van der Waals surface area contributed by atoms with Crippen molar-refractivity contribution in [1.82, 2.24) is 9.80 Å². The molecule has 2 bridgehead atoms. The average Bonchev–Trinajstić information content (AvgIpc) is 3.45. The minimum absolute atomic E-state index is 0.0302. The summed E-state index contributed by atoms with van der Waals surface area (Å²) in [6.45, 7) is 3.01. The maximum Gasteiger partial charge on any atom is 0.235 e. The zero-order valence-electron chi connectivity index (χ0n) is 16.2. The second kappa shape index (κ2) is 6.69. The number of hydrogen-bond donors (Lipinski definition) is 0. The third-order valence-corrected chi connectivity index (χ3v) is 7.05. The molecule has 5 atom stereocenters. The zero-order valence-corrected chi connectivity index (χ0v) is 16.2. The molecular weight excluding hydrogens is 356 g/mol. The normalized spacial score (nSPS) is 33.8. The number of rotatable bonds is 4. The summed E-state index contributed by atoms with van der Waals surface area (Å²) < 4.78 is 5.77. The Labute approximate surface area is 164 Å². The van der Waals surface area contributed by atoms with Crippen molar-refractivity contribution in [2.24, 2.45) is 11.8 Å². The fourth-order valence-corrected chi connectivity index (χ4v) is 5.69. The number of nitrogens with zero attached hydrogens (tertiary/aromatic N) is 2. The minimum Gasteiger partial charge on any atom is -0.373 e. The van der Waals surface area contributed by atoms with E-state index in [1.54, 1.807) is 0 Å². The van der Waals surface area contributed by atoms with Gasteiger partial charge in [0.05, 0.1) is 30.1 Å². The van der Waals surface area contributed by atoms with Crippen molar-refractivity contribution in [1.29, 1.82) is 0 Å². The second-order valence-corrected chi connectivity index (χ2v) is 8.52. The van der Waals surface area contributed by atoms with Gasteiger partial charge in [-0.3, -0.25) is 19.3 Å². The van der Waals surface area contributed by atoms with Gasteiger partial charge in [-0.2, -0.15) is 0 Å². The van der Waals surface area contributed by atoms with E-state index < -0.39 is 0 Å². The topological polar surface area (TPSA) is 66.9 Å². The third-order valence-electron chi connectivity index (χ3n) is 7.05. The van der Waals surface area contributed by atoms with Crippen molar-refractivity contribution >= 4 is 17.7 Å². The molecule has 0 N–H and O–H groups in total. The summed E-state index contributed by atoms with van der Waals surface area (Å²) in [5.41, 5.74) is 2.39. The lowest BCUT2D eigenvalue weighted by atomic mass is 9.81. The molecule has 0 aliphatic carbocycles. The Morgan fingerprint density at radius 1 is 1.07 bits per heavy atom. The number of benzene rings is 1. The molecule has 0 saturated carbocycles. The lowest BCUT2D eigenvalue weighted by Crippen LogP contribution is -2.38. The van der Waals surface area contributed by atoms with Gasteiger partial charge in [0.1, 0.15) is 0 Å². The van der Waals surface area contributed by atoms with E-state index in [4.69, 9.17) is 4.74 Å². The smallest absolute Gasteiger partial charge is 0.235 e. The van der Waals surface area contributed by atoms with Crippen molar-refractivity contribution in [3.05, 3.63) is 35.4 Å². The maximum atomic E-state index is 12.9. The number of ether oxygens (including phenoxy) is 1. The van der Waals surface area contributed by atoms with Crippen LogP contribution in [0.15, 0.2) is 24.3 Å². The number of carbonyl (C=O) groups excluding carboxylic acids is 3. The number of likely N-dealkylation sites (tertiary alicyclic amines) is 2. The molecule has 6 nitrogen and oxygen atoms in total. The van der Waals surface area contributed by atoms with Gasteiger partial charge in [-0.05, 0) is 43.7 Å². The highest BCUT2D eigenvalue weighted by Crippen LogP contribution is 2.48. The molecule has 0 spiro atoms. The Bertz CT molecular complexity index is 810. The van der Waals surface area contributed by atoms with E-state index in [-0.39, 0.29) is 60.8 Å². The molecule has 4 aliphatic rings. The van der Waals surface area contributed by atoms with Crippen LogP contribution in [-0.2, 0) is 19.1 Å². The first-order chi connectivity index (χ1) is 13.6. The molecule has 4 heterocycles. The third kappa shape index (κ3) is 2.61. The van der Waals surface area contributed by atoms with Crippen molar-refractivity contribution in [2.45, 2.75) is 57.3 Å². The van der Waals surface area contributed by atoms with Gasteiger partial charge in [0, 0.05) is 19.5 Å². The van der Waals surface area contributed by atoms with Crippen LogP contribution in [0, 0.1) is 18.8 Å². The number of imide groups is 1. The summed E-state index contributed by atoms with van der Waals surface area (Å²) in [5.74, 6) is -0.859. The van der Waals surface area contributed by atoms with Gasteiger partial charge >= 0.3 is 0 Å². The van der Waals surface area contributed by atoms with Crippen LogP contribution in [0.25, 0.3) is 0 Å².